The zero-order chi connectivity index (χ0) is 25.4. The van der Waals surface area contributed by atoms with Gasteiger partial charge in [-0.15, -0.1) is 0 Å². The molecule has 2 fully saturated rings. The van der Waals surface area contributed by atoms with Gasteiger partial charge in [-0.25, -0.2) is 14.4 Å². The van der Waals surface area contributed by atoms with Crippen LogP contribution in [-0.2, 0) is 9.53 Å². The maximum atomic E-state index is 14.8. The van der Waals surface area contributed by atoms with Crippen LogP contribution >= 0.6 is 23.2 Å². The van der Waals surface area contributed by atoms with Crippen molar-refractivity contribution in [3.8, 4) is 0 Å². The lowest BCUT2D eigenvalue weighted by molar-refractivity contribution is -0.122. The van der Waals surface area contributed by atoms with Gasteiger partial charge in [-0.3, -0.25) is 9.36 Å². The molecule has 1 aliphatic heterocycles. The number of amides is 1. The number of nitrogens with zero attached hydrogens (tertiary/aromatic N) is 4. The van der Waals surface area contributed by atoms with Gasteiger partial charge in [0.2, 0.25) is 17.8 Å². The second kappa shape index (κ2) is 10.4. The number of aromatic nitrogens is 4. The largest absolute Gasteiger partial charge is 0.381 e. The Balaban J connectivity index is 1.53. The van der Waals surface area contributed by atoms with Crippen molar-refractivity contribution < 1.29 is 13.9 Å². The Labute approximate surface area is 217 Å². The summed E-state index contributed by atoms with van der Waals surface area (Å²) in [6.07, 6.45) is 5.24. The molecule has 0 spiro atoms. The summed E-state index contributed by atoms with van der Waals surface area (Å²) in [7, 11) is 0. The molecule has 36 heavy (non-hydrogen) atoms. The van der Waals surface area contributed by atoms with Crippen molar-refractivity contribution >= 4 is 57.9 Å². The Morgan fingerprint density at radius 2 is 1.97 bits per heavy atom. The number of anilines is 3. The number of carbonyl (C=O) groups is 1. The van der Waals surface area contributed by atoms with Gasteiger partial charge in [0, 0.05) is 29.6 Å². The van der Waals surface area contributed by atoms with E-state index in [1.165, 1.54) is 12.1 Å². The molecule has 2 aromatic heterocycles. The summed E-state index contributed by atoms with van der Waals surface area (Å²) in [5.74, 6) is 0.177. The first-order valence-corrected chi connectivity index (χ1v) is 12.9. The zero-order valence-corrected chi connectivity index (χ0v) is 21.3. The van der Waals surface area contributed by atoms with E-state index in [1.54, 1.807) is 6.20 Å². The molecule has 1 unspecified atom stereocenters. The van der Waals surface area contributed by atoms with Gasteiger partial charge in [-0.1, -0.05) is 30.1 Å². The SMILES string of the molecule is CC1COCC[C@H]1Nc1ncc2nc(Nc3c(F)cc(Cl)cc3Cl)n(C3CCC(C(N)=O)CC3)c2n1. The first-order chi connectivity index (χ1) is 17.3. The van der Waals surface area contributed by atoms with Crippen LogP contribution in [0.5, 0.6) is 0 Å². The normalized spacial score (nSPS) is 24.6. The number of imidazole rings is 1. The molecule has 3 heterocycles. The summed E-state index contributed by atoms with van der Waals surface area (Å²) < 4.78 is 22.3. The van der Waals surface area contributed by atoms with Crippen molar-refractivity contribution in [2.45, 2.75) is 51.1 Å². The van der Waals surface area contributed by atoms with Gasteiger partial charge < -0.3 is 21.1 Å². The first-order valence-electron chi connectivity index (χ1n) is 12.1. The molecule has 1 aliphatic carbocycles. The number of carbonyl (C=O) groups excluding carboxylic acids is 1. The molecule has 1 amide bonds. The van der Waals surface area contributed by atoms with E-state index < -0.39 is 5.82 Å². The van der Waals surface area contributed by atoms with Gasteiger partial charge in [0.05, 0.1) is 23.5 Å². The highest BCUT2D eigenvalue weighted by atomic mass is 35.5. The highest BCUT2D eigenvalue weighted by Crippen LogP contribution is 2.38. The summed E-state index contributed by atoms with van der Waals surface area (Å²) >= 11 is 12.2. The number of hydrogen-bond acceptors (Lipinski definition) is 7. The third-order valence-electron chi connectivity index (χ3n) is 7.10. The van der Waals surface area contributed by atoms with E-state index in [9.17, 15) is 9.18 Å². The topological polar surface area (TPSA) is 120 Å². The minimum Gasteiger partial charge on any atom is -0.381 e. The highest BCUT2D eigenvalue weighted by molar-refractivity contribution is 6.36. The van der Waals surface area contributed by atoms with Crippen LogP contribution in [0.25, 0.3) is 11.2 Å². The number of halogens is 3. The summed E-state index contributed by atoms with van der Waals surface area (Å²) in [6.45, 7) is 3.50. The highest BCUT2D eigenvalue weighted by Gasteiger charge is 2.30. The minimum absolute atomic E-state index is 0.0213. The molecule has 1 saturated heterocycles. The first kappa shape index (κ1) is 25.0. The molecular formula is C24H28Cl2FN7O2. The van der Waals surface area contributed by atoms with Crippen LogP contribution in [0.2, 0.25) is 10.0 Å². The van der Waals surface area contributed by atoms with Crippen LogP contribution in [0, 0.1) is 17.7 Å². The number of nitrogens with two attached hydrogens (primary N) is 1. The van der Waals surface area contributed by atoms with E-state index in [2.05, 4.69) is 27.5 Å². The number of fused-ring (bicyclic) bond motifs is 1. The third-order valence-corrected chi connectivity index (χ3v) is 7.61. The maximum Gasteiger partial charge on any atom is 0.224 e. The van der Waals surface area contributed by atoms with Gasteiger partial charge in [0.15, 0.2) is 5.65 Å². The fourth-order valence-corrected chi connectivity index (χ4v) is 5.56. The lowest BCUT2D eigenvalue weighted by atomic mass is 9.85. The third kappa shape index (κ3) is 5.07. The number of nitrogens with one attached hydrogen (secondary N) is 2. The van der Waals surface area contributed by atoms with Gasteiger partial charge in [0.25, 0.3) is 0 Å². The van der Waals surface area contributed by atoms with E-state index in [0.717, 1.165) is 6.42 Å². The molecule has 9 nitrogen and oxygen atoms in total. The second-order valence-corrected chi connectivity index (χ2v) is 10.4. The molecule has 0 radical (unpaired) electrons. The monoisotopic (exact) mass is 535 g/mol. The number of ether oxygens (including phenoxy) is 1. The number of primary amides is 1. The number of rotatable bonds is 6. The standard InChI is InChI=1S/C24H28Cl2FN7O2/c1-12-11-36-7-6-18(12)30-23-29-10-19-22(33-23)34(15-4-2-13(3-5-15)21(28)35)24(31-19)32-20-16(26)8-14(25)9-17(20)27/h8-10,12-13,15,18H,2-7,11H2,1H3,(H2,28,35)(H,31,32)(H,29,30,33)/t12?,13?,15?,18-/m1/s1. The van der Waals surface area contributed by atoms with Crippen LogP contribution in [0.4, 0.5) is 22.0 Å². The van der Waals surface area contributed by atoms with E-state index in [4.69, 9.17) is 38.7 Å². The molecule has 2 aliphatic rings. The maximum absolute atomic E-state index is 14.8. The van der Waals surface area contributed by atoms with Crippen molar-refractivity contribution in [3.63, 3.8) is 0 Å². The molecule has 2 atom stereocenters. The molecule has 1 saturated carbocycles. The van der Waals surface area contributed by atoms with Crippen LogP contribution in [0.1, 0.15) is 45.1 Å². The summed E-state index contributed by atoms with van der Waals surface area (Å²) in [5.41, 5.74) is 6.79. The van der Waals surface area contributed by atoms with Crippen LogP contribution in [-0.4, -0.2) is 44.7 Å². The van der Waals surface area contributed by atoms with Crippen LogP contribution < -0.4 is 16.4 Å². The molecule has 3 aromatic rings. The summed E-state index contributed by atoms with van der Waals surface area (Å²) in [6, 6.07) is 2.83. The van der Waals surface area contributed by atoms with Crippen molar-refractivity contribution in [1.82, 2.24) is 19.5 Å². The van der Waals surface area contributed by atoms with Crippen molar-refractivity contribution in [1.29, 1.82) is 0 Å². The molecule has 4 N–H and O–H groups in total. The predicted molar refractivity (Wildman–Crippen MR) is 137 cm³/mol. The van der Waals surface area contributed by atoms with E-state index >= 15 is 0 Å². The average molecular weight is 536 g/mol. The second-order valence-electron chi connectivity index (χ2n) is 9.58. The Morgan fingerprint density at radius 1 is 1.19 bits per heavy atom. The van der Waals surface area contributed by atoms with E-state index in [0.29, 0.717) is 67.9 Å². The van der Waals surface area contributed by atoms with Gasteiger partial charge in [-0.05, 0) is 50.2 Å². The Bertz CT molecular complexity index is 1260. The fraction of sp³-hybridized carbons (Fsp3) is 0.500. The Hall–Kier alpha value is -2.69. The van der Waals surface area contributed by atoms with E-state index in [1.807, 2.05) is 4.57 Å². The molecule has 5 rings (SSSR count). The van der Waals surface area contributed by atoms with Gasteiger partial charge >= 0.3 is 0 Å². The number of hydrogen-bond donors (Lipinski definition) is 3. The molecule has 0 bridgehead atoms. The fourth-order valence-electron chi connectivity index (χ4n) is 5.05. The summed E-state index contributed by atoms with van der Waals surface area (Å²) in [5, 5.41) is 6.83. The molecule has 1 aromatic carbocycles. The molecular weight excluding hydrogens is 508 g/mol. The van der Waals surface area contributed by atoms with Crippen molar-refractivity contribution in [2.75, 3.05) is 23.8 Å². The Kier molecular flexibility index (Phi) is 7.18. The molecule has 192 valence electrons. The minimum atomic E-state index is -0.592. The van der Waals surface area contributed by atoms with E-state index in [-0.39, 0.29) is 39.6 Å². The van der Waals surface area contributed by atoms with Crippen molar-refractivity contribution in [3.05, 3.63) is 34.2 Å². The number of benzene rings is 1. The Morgan fingerprint density at radius 3 is 2.67 bits per heavy atom. The van der Waals surface area contributed by atoms with Gasteiger partial charge in [-0.2, -0.15) is 4.98 Å². The van der Waals surface area contributed by atoms with Crippen molar-refractivity contribution in [2.24, 2.45) is 17.6 Å². The average Bonchev–Trinajstić information content (AvgIpc) is 3.20. The van der Waals surface area contributed by atoms with Crippen LogP contribution in [0.15, 0.2) is 18.3 Å². The lowest BCUT2D eigenvalue weighted by Gasteiger charge is -2.30. The van der Waals surface area contributed by atoms with Crippen LogP contribution in [0.3, 0.4) is 0 Å². The lowest BCUT2D eigenvalue weighted by Crippen LogP contribution is -2.36. The smallest absolute Gasteiger partial charge is 0.224 e. The zero-order valence-electron chi connectivity index (χ0n) is 19.8. The summed E-state index contributed by atoms with van der Waals surface area (Å²) in [4.78, 5) is 25.7. The van der Waals surface area contributed by atoms with Gasteiger partial charge in [0.1, 0.15) is 11.3 Å². The predicted octanol–water partition coefficient (Wildman–Crippen LogP) is 5.07. The quantitative estimate of drug-likeness (QED) is 0.402. The molecule has 12 heteroatoms.